The molecule has 0 bridgehead atoms. The Bertz CT molecular complexity index is 1140. The minimum absolute atomic E-state index is 0.164. The van der Waals surface area contributed by atoms with E-state index < -0.39 is 5.60 Å². The number of carbonyl (C=O) groups is 1. The Balaban J connectivity index is 1.80. The quantitative estimate of drug-likeness (QED) is 0.459. The second kappa shape index (κ2) is 7.85. The van der Waals surface area contributed by atoms with Crippen LogP contribution in [0.1, 0.15) is 47.1 Å². The van der Waals surface area contributed by atoms with E-state index in [0.29, 0.717) is 16.1 Å². The number of nitrogens with zero attached hydrogens (tertiary/aromatic N) is 2. The Labute approximate surface area is 180 Å². The fraction of sp³-hybridized carbons (Fsp3) is 0.333. The topological polar surface area (TPSA) is 62.1 Å². The summed E-state index contributed by atoms with van der Waals surface area (Å²) >= 11 is 1.53. The Morgan fingerprint density at radius 2 is 2.00 bits per heavy atom. The van der Waals surface area contributed by atoms with Gasteiger partial charge in [0.2, 0.25) is 0 Å². The molecule has 1 aliphatic heterocycles. The minimum atomic E-state index is -0.577. The molecule has 0 aliphatic carbocycles. The van der Waals surface area contributed by atoms with Gasteiger partial charge in [-0.3, -0.25) is 0 Å². The molecule has 4 rings (SSSR count). The molecule has 30 heavy (non-hydrogen) atoms. The number of rotatable bonds is 3. The van der Waals surface area contributed by atoms with Gasteiger partial charge in [0, 0.05) is 29.7 Å². The number of hydrogen-bond acceptors (Lipinski definition) is 6. The second-order valence-corrected chi connectivity index (χ2v) is 9.73. The molecule has 0 saturated heterocycles. The number of fused-ring (bicyclic) bond motifs is 2. The van der Waals surface area contributed by atoms with Crippen LogP contribution in [0.3, 0.4) is 0 Å². The van der Waals surface area contributed by atoms with Crippen molar-refractivity contribution in [2.45, 2.75) is 39.3 Å². The summed E-state index contributed by atoms with van der Waals surface area (Å²) in [6, 6.07) is 11.4. The van der Waals surface area contributed by atoms with Crippen LogP contribution in [-0.2, 0) is 17.7 Å². The summed E-state index contributed by atoms with van der Waals surface area (Å²) in [4.78, 5) is 21.1. The van der Waals surface area contributed by atoms with Gasteiger partial charge in [-0.05, 0) is 56.6 Å². The highest BCUT2D eigenvalue weighted by Gasteiger charge is 2.30. The molecule has 3 aromatic rings. The Morgan fingerprint density at radius 1 is 1.23 bits per heavy atom. The molecular formula is C24H26N2O3S. The molecule has 2 aromatic carbocycles. The maximum atomic E-state index is 13.0. The first-order valence-electron chi connectivity index (χ1n) is 10.0. The van der Waals surface area contributed by atoms with Gasteiger partial charge in [0.15, 0.2) is 0 Å². The van der Waals surface area contributed by atoms with E-state index in [-0.39, 0.29) is 11.7 Å². The lowest BCUT2D eigenvalue weighted by atomic mass is 10.0. The number of esters is 1. The number of hydrogen-bond donors (Lipinski definition) is 1. The van der Waals surface area contributed by atoms with Crippen molar-refractivity contribution < 1.29 is 14.6 Å². The number of ether oxygens (including phenoxy) is 1. The van der Waals surface area contributed by atoms with Crippen LogP contribution in [0.5, 0.6) is 5.75 Å². The predicted molar refractivity (Wildman–Crippen MR) is 122 cm³/mol. The van der Waals surface area contributed by atoms with Gasteiger partial charge in [-0.2, -0.15) is 0 Å². The van der Waals surface area contributed by atoms with E-state index >= 15 is 0 Å². The molecule has 0 spiro atoms. The zero-order valence-electron chi connectivity index (χ0n) is 17.7. The van der Waals surface area contributed by atoms with Crippen LogP contribution in [0.15, 0.2) is 41.4 Å². The molecular weight excluding hydrogens is 396 g/mol. The van der Waals surface area contributed by atoms with E-state index in [4.69, 9.17) is 4.74 Å². The molecule has 0 unspecified atom stereocenters. The average Bonchev–Trinajstić information content (AvgIpc) is 3.03. The standard InChI is InChI=1S/C24H26N2O3S/c1-24(2,3)29-23(28)21-17-11-12-26(4)14-20(17)30-22(21)25-13-18-16-8-6-5-7-15(16)9-10-19(18)27/h5-10,13,27H,11-12,14H2,1-4H3/b25-13+. The fourth-order valence-corrected chi connectivity index (χ4v) is 4.95. The van der Waals surface area contributed by atoms with Gasteiger partial charge in [-0.1, -0.05) is 30.3 Å². The summed E-state index contributed by atoms with van der Waals surface area (Å²) < 4.78 is 5.69. The second-order valence-electron chi connectivity index (χ2n) is 8.65. The third kappa shape index (κ3) is 4.11. The number of carbonyl (C=O) groups excluding carboxylic acids is 1. The Kier molecular flexibility index (Phi) is 5.38. The molecule has 1 aliphatic rings. The monoisotopic (exact) mass is 422 g/mol. The average molecular weight is 423 g/mol. The van der Waals surface area contributed by atoms with Crippen LogP contribution < -0.4 is 0 Å². The molecule has 0 fully saturated rings. The van der Waals surface area contributed by atoms with Gasteiger partial charge in [-0.15, -0.1) is 11.3 Å². The molecule has 2 heterocycles. The van der Waals surface area contributed by atoms with Gasteiger partial charge in [-0.25, -0.2) is 9.79 Å². The van der Waals surface area contributed by atoms with Crippen molar-refractivity contribution in [3.8, 4) is 5.75 Å². The predicted octanol–water partition coefficient (Wildman–Crippen LogP) is 5.30. The van der Waals surface area contributed by atoms with Crippen molar-refractivity contribution in [2.75, 3.05) is 13.6 Å². The van der Waals surface area contributed by atoms with Gasteiger partial charge in [0.1, 0.15) is 16.4 Å². The van der Waals surface area contributed by atoms with Gasteiger partial charge < -0.3 is 14.7 Å². The zero-order valence-corrected chi connectivity index (χ0v) is 18.5. The number of likely N-dealkylation sites (N-methyl/N-ethyl adjacent to an activating group) is 1. The van der Waals surface area contributed by atoms with E-state index in [9.17, 15) is 9.90 Å². The molecule has 0 saturated carbocycles. The molecule has 1 N–H and O–H groups in total. The first-order valence-corrected chi connectivity index (χ1v) is 10.9. The number of phenolic OH excluding ortho intramolecular Hbond substituents is 1. The van der Waals surface area contributed by atoms with Crippen molar-refractivity contribution in [1.29, 1.82) is 0 Å². The van der Waals surface area contributed by atoms with E-state index in [1.165, 1.54) is 11.3 Å². The van der Waals surface area contributed by atoms with Crippen molar-refractivity contribution in [3.05, 3.63) is 58.0 Å². The summed E-state index contributed by atoms with van der Waals surface area (Å²) in [7, 11) is 2.08. The normalized spacial score (nSPS) is 14.9. The highest BCUT2D eigenvalue weighted by molar-refractivity contribution is 7.16. The summed E-state index contributed by atoms with van der Waals surface area (Å²) in [5.74, 6) is -0.170. The number of aromatic hydroxyl groups is 1. The van der Waals surface area contributed by atoms with E-state index in [1.807, 2.05) is 51.1 Å². The van der Waals surface area contributed by atoms with Crippen molar-refractivity contribution in [3.63, 3.8) is 0 Å². The van der Waals surface area contributed by atoms with Crippen LogP contribution in [0, 0.1) is 0 Å². The third-order valence-corrected chi connectivity index (χ3v) is 6.22. The summed E-state index contributed by atoms with van der Waals surface area (Å²) in [6.45, 7) is 7.30. The smallest absolute Gasteiger partial charge is 0.342 e. The van der Waals surface area contributed by atoms with Gasteiger partial charge in [0.05, 0.1) is 5.56 Å². The zero-order chi connectivity index (χ0) is 21.5. The molecule has 0 radical (unpaired) electrons. The highest BCUT2D eigenvalue weighted by atomic mass is 32.1. The Hall–Kier alpha value is -2.70. The third-order valence-electron chi connectivity index (χ3n) is 5.09. The van der Waals surface area contributed by atoms with Crippen LogP contribution in [0.25, 0.3) is 10.8 Å². The van der Waals surface area contributed by atoms with Crippen molar-refractivity contribution in [1.82, 2.24) is 4.90 Å². The van der Waals surface area contributed by atoms with Gasteiger partial charge in [0.25, 0.3) is 0 Å². The molecule has 6 heteroatoms. The Morgan fingerprint density at radius 3 is 2.77 bits per heavy atom. The summed E-state index contributed by atoms with van der Waals surface area (Å²) in [5.41, 5.74) is 1.68. The summed E-state index contributed by atoms with van der Waals surface area (Å²) in [6.07, 6.45) is 2.46. The van der Waals surface area contributed by atoms with Gasteiger partial charge >= 0.3 is 5.97 Å². The largest absolute Gasteiger partial charge is 0.507 e. The summed E-state index contributed by atoms with van der Waals surface area (Å²) in [5, 5.41) is 13.0. The lowest BCUT2D eigenvalue weighted by Gasteiger charge is -2.23. The van der Waals surface area contributed by atoms with Crippen molar-refractivity contribution >= 4 is 39.3 Å². The lowest BCUT2D eigenvalue weighted by Crippen LogP contribution is -2.28. The van der Waals surface area contributed by atoms with Crippen LogP contribution in [-0.4, -0.2) is 41.4 Å². The maximum Gasteiger partial charge on any atom is 0.342 e. The van der Waals surface area contributed by atoms with Crippen LogP contribution in [0.2, 0.25) is 0 Å². The minimum Gasteiger partial charge on any atom is -0.507 e. The highest BCUT2D eigenvalue weighted by Crippen LogP contribution is 2.40. The van der Waals surface area contributed by atoms with Crippen LogP contribution in [0.4, 0.5) is 5.00 Å². The van der Waals surface area contributed by atoms with E-state index in [2.05, 4.69) is 16.9 Å². The molecule has 1 aromatic heterocycles. The number of aliphatic imine (C=N–C) groups is 1. The molecule has 0 atom stereocenters. The molecule has 5 nitrogen and oxygen atoms in total. The van der Waals surface area contributed by atoms with Crippen molar-refractivity contribution in [2.24, 2.45) is 4.99 Å². The first kappa shape index (κ1) is 20.6. The molecule has 0 amide bonds. The fourth-order valence-electron chi connectivity index (χ4n) is 3.69. The number of benzene rings is 2. The van der Waals surface area contributed by atoms with E-state index in [1.54, 1.807) is 12.3 Å². The van der Waals surface area contributed by atoms with E-state index in [0.717, 1.165) is 40.7 Å². The molecule has 156 valence electrons. The maximum absolute atomic E-state index is 13.0. The number of thiophene rings is 1. The van der Waals surface area contributed by atoms with Crippen LogP contribution >= 0.6 is 11.3 Å². The lowest BCUT2D eigenvalue weighted by molar-refractivity contribution is 0.00694. The SMILES string of the molecule is CN1CCc2c(sc(/N=C/c3c(O)ccc4ccccc34)c2C(=O)OC(C)(C)C)C1. The first-order chi connectivity index (χ1) is 14.2. The number of phenols is 1.